The van der Waals surface area contributed by atoms with Gasteiger partial charge in [0.25, 0.3) is 0 Å². The fourth-order valence-corrected chi connectivity index (χ4v) is 9.89. The minimum atomic E-state index is -0.215. The molecule has 314 valence electrons. The second-order valence-corrected chi connectivity index (χ2v) is 16.8. The molecule has 3 N–H and O–H groups in total. The molecule has 8 nitrogen and oxygen atoms in total. The minimum Gasteiger partial charge on any atom is -0.354 e. The van der Waals surface area contributed by atoms with Gasteiger partial charge in [-0.3, -0.25) is 9.59 Å². The Bertz CT molecular complexity index is 3940. The van der Waals surface area contributed by atoms with Gasteiger partial charge >= 0.3 is 0 Å². The van der Waals surface area contributed by atoms with Crippen LogP contribution in [-0.4, -0.2) is 41.5 Å². The fraction of sp³-hybridized carbons (Fsp3) is 0. The number of H-pyrrole nitrogens is 3. The number of benzene rings is 6. The molecule has 6 aromatic carbocycles. The van der Waals surface area contributed by atoms with E-state index in [2.05, 4.69) is 118 Å². The third-order valence-electron chi connectivity index (χ3n) is 12.9. The predicted octanol–water partition coefficient (Wildman–Crippen LogP) is 13.6. The second-order valence-electron chi connectivity index (χ2n) is 16.8. The van der Waals surface area contributed by atoms with Crippen molar-refractivity contribution in [3.8, 4) is 55.9 Å². The van der Waals surface area contributed by atoms with Crippen molar-refractivity contribution in [1.82, 2.24) is 29.9 Å². The summed E-state index contributed by atoms with van der Waals surface area (Å²) in [5, 5.41) is 0. The van der Waals surface area contributed by atoms with Crippen LogP contribution in [0.4, 0.5) is 0 Å². The van der Waals surface area contributed by atoms with Crippen LogP contribution in [0.25, 0.3) is 113 Å². The van der Waals surface area contributed by atoms with E-state index in [0.717, 1.165) is 94.9 Å². The summed E-state index contributed by atoms with van der Waals surface area (Å²) in [5.74, 6) is 0.122. The van der Waals surface area contributed by atoms with Gasteiger partial charge in [-0.15, -0.1) is 0 Å². The molecule has 0 unspecified atom stereocenters. The Morgan fingerprint density at radius 1 is 0.313 bits per heavy atom. The van der Waals surface area contributed by atoms with Crippen molar-refractivity contribution in [3.63, 3.8) is 0 Å². The first-order valence-corrected chi connectivity index (χ1v) is 22.2. The molecule has 8 heteroatoms. The van der Waals surface area contributed by atoms with Crippen molar-refractivity contribution >= 4 is 69.0 Å². The molecule has 6 heterocycles. The van der Waals surface area contributed by atoms with Gasteiger partial charge in [0.15, 0.2) is 11.6 Å². The van der Waals surface area contributed by atoms with Gasteiger partial charge in [-0.1, -0.05) is 146 Å². The fourth-order valence-electron chi connectivity index (χ4n) is 9.89. The molecule has 10 aromatic rings. The SMILES string of the molecule is O=C1c2ccccc2C(=O)c2c1ccc1nc(-c3cc4[nH]c3c(-c3ccccc3)c3nc(c(-c5ccccc5)c5ccc([nH]5)c(-c5ccccc5)c5nc(c4-c4ccccc4)C=C5)C=C3)[nH]c21. The highest BCUT2D eigenvalue weighted by molar-refractivity contribution is 6.31. The zero-order valence-electron chi connectivity index (χ0n) is 35.7. The van der Waals surface area contributed by atoms with Gasteiger partial charge in [-0.05, 0) is 76.9 Å². The molecule has 13 rings (SSSR count). The van der Waals surface area contributed by atoms with E-state index in [1.54, 1.807) is 30.3 Å². The molecule has 0 fully saturated rings. The first-order chi connectivity index (χ1) is 33.1. The lowest BCUT2D eigenvalue weighted by molar-refractivity contribution is 0.0980. The predicted molar refractivity (Wildman–Crippen MR) is 269 cm³/mol. The number of nitrogens with zero attached hydrogens (tertiary/aromatic N) is 3. The van der Waals surface area contributed by atoms with E-state index in [1.807, 2.05) is 66.7 Å². The molecule has 67 heavy (non-hydrogen) atoms. The van der Waals surface area contributed by atoms with Crippen LogP contribution >= 0.6 is 0 Å². The molecule has 0 atom stereocenters. The Morgan fingerprint density at radius 2 is 0.761 bits per heavy atom. The van der Waals surface area contributed by atoms with Crippen LogP contribution in [0, 0.1) is 0 Å². The van der Waals surface area contributed by atoms with Crippen molar-refractivity contribution in [1.29, 1.82) is 0 Å². The monoisotopic (exact) mass is 860 g/mol. The average Bonchev–Trinajstić information content (AvgIpc) is 4.25. The number of hydrogen-bond acceptors (Lipinski definition) is 5. The number of imidazole rings is 1. The first kappa shape index (κ1) is 38.2. The number of fused-ring (bicyclic) bond motifs is 12. The summed E-state index contributed by atoms with van der Waals surface area (Å²) in [5.41, 5.74) is 17.5. The first-order valence-electron chi connectivity index (χ1n) is 22.2. The van der Waals surface area contributed by atoms with Crippen molar-refractivity contribution in [2.24, 2.45) is 0 Å². The van der Waals surface area contributed by atoms with Crippen molar-refractivity contribution in [2.75, 3.05) is 0 Å². The number of carbonyl (C=O) groups is 2. The second kappa shape index (κ2) is 15.2. The van der Waals surface area contributed by atoms with Crippen LogP contribution in [0.2, 0.25) is 0 Å². The van der Waals surface area contributed by atoms with Crippen LogP contribution in [0.5, 0.6) is 0 Å². The number of nitrogens with one attached hydrogen (secondary N) is 3. The molecule has 0 radical (unpaired) electrons. The highest BCUT2D eigenvalue weighted by Gasteiger charge is 2.32. The van der Waals surface area contributed by atoms with Crippen molar-refractivity contribution in [3.05, 3.63) is 221 Å². The highest BCUT2D eigenvalue weighted by atomic mass is 16.1. The van der Waals surface area contributed by atoms with Gasteiger partial charge in [0.2, 0.25) is 0 Å². The molecule has 4 aromatic heterocycles. The van der Waals surface area contributed by atoms with Gasteiger partial charge in [0, 0.05) is 61.1 Å². The van der Waals surface area contributed by atoms with E-state index < -0.39 is 0 Å². The van der Waals surface area contributed by atoms with Crippen LogP contribution in [0.1, 0.15) is 54.6 Å². The number of ketones is 2. The summed E-state index contributed by atoms with van der Waals surface area (Å²) < 4.78 is 0. The molecule has 2 aliphatic heterocycles. The van der Waals surface area contributed by atoms with Crippen molar-refractivity contribution in [2.45, 2.75) is 0 Å². The maximum absolute atomic E-state index is 14.3. The summed E-state index contributed by atoms with van der Waals surface area (Å²) in [7, 11) is 0. The summed E-state index contributed by atoms with van der Waals surface area (Å²) in [6.45, 7) is 0. The number of aromatic amines is 3. The van der Waals surface area contributed by atoms with E-state index in [4.69, 9.17) is 15.0 Å². The minimum absolute atomic E-state index is 0.187. The molecule has 1 aliphatic carbocycles. The lowest BCUT2D eigenvalue weighted by Gasteiger charge is -2.17. The Hall–Kier alpha value is -9.27. The molecule has 8 bridgehead atoms. The molecule has 0 amide bonds. The van der Waals surface area contributed by atoms with Gasteiger partial charge in [0.1, 0.15) is 5.82 Å². The Balaban J connectivity index is 1.20. The standard InChI is InChI=1S/C59H36N6O2/c66-57-38-23-13-14-24-39(38)58(67)54-40(57)25-26-48-56(54)65-59(64-48)41-33-49-52(36-19-9-3-10-20-36)46-30-29-44(61-46)50(34-15-5-1-6-16-34)42-27-28-43(60-42)51(35-17-7-2-8-18-35)45-31-32-47(62-45)53(55(41)63-49)37-21-11-4-12-22-37/h1-33,60,63H,(H,64,65). The molecule has 3 aliphatic rings. The quantitative estimate of drug-likeness (QED) is 0.159. The van der Waals surface area contributed by atoms with Crippen LogP contribution < -0.4 is 0 Å². The summed E-state index contributed by atoms with van der Waals surface area (Å²) >= 11 is 0. The number of hydrogen-bond donors (Lipinski definition) is 3. The number of rotatable bonds is 5. The average molecular weight is 861 g/mol. The van der Waals surface area contributed by atoms with E-state index in [-0.39, 0.29) is 11.6 Å². The summed E-state index contributed by atoms with van der Waals surface area (Å²) in [4.78, 5) is 55.7. The van der Waals surface area contributed by atoms with Gasteiger partial charge in [-0.2, -0.15) is 0 Å². The lowest BCUT2D eigenvalue weighted by atomic mass is 9.83. The smallest absolute Gasteiger partial charge is 0.196 e. The van der Waals surface area contributed by atoms with Gasteiger partial charge in [-0.25, -0.2) is 15.0 Å². The van der Waals surface area contributed by atoms with Crippen LogP contribution in [0.3, 0.4) is 0 Å². The number of carbonyl (C=O) groups excluding carboxylic acids is 2. The molecular formula is C59H36N6O2. The topological polar surface area (TPSA) is 120 Å². The third kappa shape index (κ3) is 6.19. The summed E-state index contributed by atoms with van der Waals surface area (Å²) in [6.07, 6.45) is 8.35. The maximum Gasteiger partial charge on any atom is 0.196 e. The van der Waals surface area contributed by atoms with Gasteiger partial charge in [0.05, 0.1) is 44.9 Å². The molecule has 0 saturated heterocycles. The van der Waals surface area contributed by atoms with Crippen LogP contribution in [-0.2, 0) is 0 Å². The van der Waals surface area contributed by atoms with Crippen LogP contribution in [0.15, 0.2) is 176 Å². The largest absolute Gasteiger partial charge is 0.354 e. The van der Waals surface area contributed by atoms with E-state index in [1.165, 1.54) is 0 Å². The van der Waals surface area contributed by atoms with Crippen molar-refractivity contribution < 1.29 is 9.59 Å². The molecular weight excluding hydrogens is 825 g/mol. The zero-order chi connectivity index (χ0) is 44.6. The normalized spacial score (nSPS) is 12.7. The van der Waals surface area contributed by atoms with E-state index in [9.17, 15) is 9.59 Å². The zero-order valence-corrected chi connectivity index (χ0v) is 35.7. The summed E-state index contributed by atoms with van der Waals surface area (Å²) in [6, 6.07) is 58.2. The van der Waals surface area contributed by atoms with E-state index in [0.29, 0.717) is 39.1 Å². The third-order valence-corrected chi connectivity index (χ3v) is 12.9. The Labute approximate surface area is 383 Å². The Kier molecular flexibility index (Phi) is 8.66. The lowest BCUT2D eigenvalue weighted by Crippen LogP contribution is -2.21. The maximum atomic E-state index is 14.3. The Morgan fingerprint density at radius 3 is 1.28 bits per heavy atom. The highest BCUT2D eigenvalue weighted by Crippen LogP contribution is 2.42. The van der Waals surface area contributed by atoms with E-state index >= 15 is 0 Å². The molecule has 0 saturated carbocycles. The molecule has 0 spiro atoms. The van der Waals surface area contributed by atoms with Gasteiger partial charge < -0.3 is 15.0 Å². The number of aromatic nitrogens is 6.